The number of aromatic nitrogens is 2. The van der Waals surface area contributed by atoms with Gasteiger partial charge in [-0.05, 0) is 78.9 Å². The van der Waals surface area contributed by atoms with Gasteiger partial charge in [-0.15, -0.1) is 0 Å². The zero-order valence-corrected chi connectivity index (χ0v) is 19.9. The largest absolute Gasteiger partial charge is 0.256 e. The van der Waals surface area contributed by atoms with Crippen molar-refractivity contribution in [2.24, 2.45) is 12.5 Å². The zero-order valence-electron chi connectivity index (χ0n) is 19.9. The first-order valence-electron chi connectivity index (χ1n) is 11.1. The van der Waals surface area contributed by atoms with Gasteiger partial charge in [0.15, 0.2) is 6.20 Å². The van der Waals surface area contributed by atoms with E-state index in [9.17, 15) is 0 Å². The van der Waals surface area contributed by atoms with Crippen molar-refractivity contribution in [3.63, 3.8) is 0 Å². The lowest BCUT2D eigenvalue weighted by atomic mass is 9.89. The molecule has 2 aromatic heterocycles. The Morgan fingerprint density at radius 1 is 0.871 bits per heavy atom. The standard InChI is InChI=1S/C29H33N2/c1-19-12-20(2)21(3)26(13-19)28-15-25-14-23(9-10-24(25)18-31(28)7)27-11-8-22(17-30-27)16-29(4,5)6/h8-15,17-18H,16H2,1-7H3/q+1. The van der Waals surface area contributed by atoms with Crippen molar-refractivity contribution in [1.82, 2.24) is 4.98 Å². The molecule has 0 amide bonds. The minimum Gasteiger partial charge on any atom is -0.256 e. The summed E-state index contributed by atoms with van der Waals surface area (Å²) >= 11 is 0. The first-order valence-corrected chi connectivity index (χ1v) is 11.1. The van der Waals surface area contributed by atoms with Crippen LogP contribution in [0, 0.1) is 26.2 Å². The molecule has 0 saturated carbocycles. The summed E-state index contributed by atoms with van der Waals surface area (Å²) in [4.78, 5) is 4.77. The number of rotatable bonds is 3. The molecule has 0 bridgehead atoms. The minimum absolute atomic E-state index is 0.268. The van der Waals surface area contributed by atoms with Crippen LogP contribution in [0.3, 0.4) is 0 Å². The highest BCUT2D eigenvalue weighted by atomic mass is 14.9. The smallest absolute Gasteiger partial charge is 0.213 e. The molecule has 2 heterocycles. The second-order valence-electron chi connectivity index (χ2n) is 10.2. The van der Waals surface area contributed by atoms with Crippen molar-refractivity contribution in [2.75, 3.05) is 0 Å². The maximum absolute atomic E-state index is 4.77. The van der Waals surface area contributed by atoms with E-state index in [-0.39, 0.29) is 5.41 Å². The van der Waals surface area contributed by atoms with Gasteiger partial charge in [-0.2, -0.15) is 0 Å². The van der Waals surface area contributed by atoms with E-state index in [2.05, 4.69) is 108 Å². The maximum Gasteiger partial charge on any atom is 0.213 e. The van der Waals surface area contributed by atoms with Crippen molar-refractivity contribution >= 4 is 10.8 Å². The van der Waals surface area contributed by atoms with Crippen LogP contribution in [-0.2, 0) is 13.5 Å². The summed E-state index contributed by atoms with van der Waals surface area (Å²) in [5.41, 5.74) is 10.3. The summed E-state index contributed by atoms with van der Waals surface area (Å²) < 4.78 is 2.24. The summed E-state index contributed by atoms with van der Waals surface area (Å²) in [5, 5.41) is 2.48. The zero-order chi connectivity index (χ0) is 22.3. The third kappa shape index (κ3) is 4.54. The molecule has 0 aliphatic rings. The molecule has 0 radical (unpaired) electrons. The van der Waals surface area contributed by atoms with Crippen LogP contribution in [0.2, 0.25) is 0 Å². The van der Waals surface area contributed by atoms with E-state index in [1.165, 1.54) is 44.3 Å². The fourth-order valence-corrected chi connectivity index (χ4v) is 4.39. The molecule has 4 aromatic rings. The normalized spacial score (nSPS) is 11.8. The van der Waals surface area contributed by atoms with Crippen LogP contribution in [-0.4, -0.2) is 4.98 Å². The molecule has 158 valence electrons. The van der Waals surface area contributed by atoms with Gasteiger partial charge < -0.3 is 0 Å². The summed E-state index contributed by atoms with van der Waals surface area (Å²) in [6, 6.07) is 17.9. The predicted octanol–water partition coefficient (Wildman–Crippen LogP) is 6.91. The third-order valence-electron chi connectivity index (χ3n) is 6.03. The van der Waals surface area contributed by atoms with Gasteiger partial charge in [-0.1, -0.05) is 44.5 Å². The molecule has 2 heteroatoms. The van der Waals surface area contributed by atoms with Crippen molar-refractivity contribution in [3.8, 4) is 22.5 Å². The lowest BCUT2D eigenvalue weighted by Crippen LogP contribution is -2.30. The Morgan fingerprint density at radius 2 is 1.65 bits per heavy atom. The SMILES string of the molecule is Cc1cc(C)c(C)c(-c2cc3cc(-c4ccc(CC(C)(C)C)cn4)ccc3c[n+]2C)c1. The molecular weight excluding hydrogens is 376 g/mol. The molecule has 0 N–H and O–H groups in total. The van der Waals surface area contributed by atoms with E-state index in [0.717, 1.165) is 17.7 Å². The van der Waals surface area contributed by atoms with Crippen LogP contribution in [0.25, 0.3) is 33.3 Å². The number of fused-ring (bicyclic) bond motifs is 1. The van der Waals surface area contributed by atoms with Gasteiger partial charge in [0.25, 0.3) is 0 Å². The number of aryl methyl sites for hydroxylation is 3. The Hall–Kier alpha value is -3.00. The van der Waals surface area contributed by atoms with Crippen LogP contribution in [0.5, 0.6) is 0 Å². The van der Waals surface area contributed by atoms with Crippen LogP contribution < -0.4 is 4.57 Å². The molecule has 0 aliphatic heterocycles. The van der Waals surface area contributed by atoms with Crippen LogP contribution >= 0.6 is 0 Å². The summed E-state index contributed by atoms with van der Waals surface area (Å²) in [5.74, 6) is 0. The van der Waals surface area contributed by atoms with E-state index < -0.39 is 0 Å². The lowest BCUT2D eigenvalue weighted by Gasteiger charge is -2.17. The van der Waals surface area contributed by atoms with Gasteiger partial charge in [0.2, 0.25) is 5.69 Å². The number of pyridine rings is 2. The highest BCUT2D eigenvalue weighted by molar-refractivity contribution is 5.88. The summed E-state index contributed by atoms with van der Waals surface area (Å²) in [6.45, 7) is 13.4. The minimum atomic E-state index is 0.268. The van der Waals surface area contributed by atoms with Crippen molar-refractivity contribution in [3.05, 3.63) is 83.2 Å². The molecule has 2 aromatic carbocycles. The lowest BCUT2D eigenvalue weighted by molar-refractivity contribution is -0.659. The van der Waals surface area contributed by atoms with E-state index in [0.29, 0.717) is 0 Å². The second-order valence-corrected chi connectivity index (χ2v) is 10.2. The molecule has 0 saturated heterocycles. The fraction of sp³-hybridized carbons (Fsp3) is 0.310. The van der Waals surface area contributed by atoms with Gasteiger partial charge in [0.05, 0.1) is 5.69 Å². The van der Waals surface area contributed by atoms with Crippen molar-refractivity contribution in [1.29, 1.82) is 0 Å². The van der Waals surface area contributed by atoms with E-state index in [1.807, 2.05) is 6.20 Å². The molecule has 0 fully saturated rings. The van der Waals surface area contributed by atoms with Gasteiger partial charge in [0, 0.05) is 28.8 Å². The quantitative estimate of drug-likeness (QED) is 0.336. The number of hydrogen-bond acceptors (Lipinski definition) is 1. The van der Waals surface area contributed by atoms with Crippen molar-refractivity contribution in [2.45, 2.75) is 48.0 Å². The van der Waals surface area contributed by atoms with Crippen LogP contribution in [0.15, 0.2) is 60.9 Å². The Balaban J connectivity index is 1.77. The Labute approximate surface area is 186 Å². The topological polar surface area (TPSA) is 16.8 Å². The molecule has 2 nitrogen and oxygen atoms in total. The van der Waals surface area contributed by atoms with Gasteiger partial charge in [0.1, 0.15) is 7.05 Å². The number of hydrogen-bond donors (Lipinski definition) is 0. The highest BCUT2D eigenvalue weighted by Crippen LogP contribution is 2.29. The van der Waals surface area contributed by atoms with E-state index in [4.69, 9.17) is 4.98 Å². The van der Waals surface area contributed by atoms with E-state index in [1.54, 1.807) is 0 Å². The Kier molecular flexibility index (Phi) is 5.43. The van der Waals surface area contributed by atoms with Crippen LogP contribution in [0.1, 0.15) is 43.0 Å². The molecule has 0 aliphatic carbocycles. The third-order valence-corrected chi connectivity index (χ3v) is 6.03. The average molecular weight is 410 g/mol. The summed E-state index contributed by atoms with van der Waals surface area (Å²) in [6.07, 6.45) is 5.29. The molecule has 0 spiro atoms. The summed E-state index contributed by atoms with van der Waals surface area (Å²) in [7, 11) is 2.13. The van der Waals surface area contributed by atoms with Crippen LogP contribution in [0.4, 0.5) is 0 Å². The number of nitrogens with zero attached hydrogens (tertiary/aromatic N) is 2. The molecule has 0 atom stereocenters. The monoisotopic (exact) mass is 409 g/mol. The predicted molar refractivity (Wildman–Crippen MR) is 131 cm³/mol. The Bertz CT molecular complexity index is 1260. The van der Waals surface area contributed by atoms with Crippen molar-refractivity contribution < 1.29 is 4.57 Å². The molecular formula is C29H33N2+. The molecule has 0 unspecified atom stereocenters. The first kappa shape index (κ1) is 21.2. The maximum atomic E-state index is 4.77. The highest BCUT2D eigenvalue weighted by Gasteiger charge is 2.16. The van der Waals surface area contributed by atoms with E-state index >= 15 is 0 Å². The van der Waals surface area contributed by atoms with Gasteiger partial charge >= 0.3 is 0 Å². The van der Waals surface area contributed by atoms with Gasteiger partial charge in [-0.3, -0.25) is 4.98 Å². The molecule has 31 heavy (non-hydrogen) atoms. The number of benzene rings is 2. The second kappa shape index (κ2) is 7.92. The van der Waals surface area contributed by atoms with Gasteiger partial charge in [-0.25, -0.2) is 4.57 Å². The first-order chi connectivity index (χ1) is 14.6. The average Bonchev–Trinajstić information content (AvgIpc) is 2.69. The fourth-order valence-electron chi connectivity index (χ4n) is 4.39. The Morgan fingerprint density at radius 3 is 2.32 bits per heavy atom. The molecule has 4 rings (SSSR count).